The third-order valence-corrected chi connectivity index (χ3v) is 3.16. The van der Waals surface area contributed by atoms with Crippen molar-refractivity contribution in [2.45, 2.75) is 24.7 Å². The van der Waals surface area contributed by atoms with Gasteiger partial charge in [0.2, 0.25) is 5.95 Å². The van der Waals surface area contributed by atoms with Gasteiger partial charge in [-0.1, -0.05) is 0 Å². The predicted octanol–water partition coefficient (Wildman–Crippen LogP) is -1.53. The summed E-state index contributed by atoms with van der Waals surface area (Å²) in [5, 5.41) is 22.9. The van der Waals surface area contributed by atoms with Crippen LogP contribution in [0, 0.1) is 0 Å². The van der Waals surface area contributed by atoms with Crippen molar-refractivity contribution in [2.75, 3.05) is 18.1 Å². The standard InChI is InChI=1S/C10H14N6O3/c11-8-9-13-2-4(16(9)15-10(12)14-8)6-1-5(18)7(3-17)19-6/h2,5-7,17-18H,1,3H2,(H4,11,12,14,15)/t5-,6+,7+/m0/s1. The van der Waals surface area contributed by atoms with E-state index in [1.807, 2.05) is 0 Å². The van der Waals surface area contributed by atoms with E-state index < -0.39 is 18.3 Å². The highest BCUT2D eigenvalue weighted by molar-refractivity contribution is 5.60. The van der Waals surface area contributed by atoms with Crippen molar-refractivity contribution in [3.8, 4) is 0 Å². The van der Waals surface area contributed by atoms with Gasteiger partial charge >= 0.3 is 0 Å². The maximum Gasteiger partial charge on any atom is 0.240 e. The maximum atomic E-state index is 9.74. The summed E-state index contributed by atoms with van der Waals surface area (Å²) in [5.41, 5.74) is 12.3. The van der Waals surface area contributed by atoms with Gasteiger partial charge in [-0.15, -0.1) is 5.10 Å². The van der Waals surface area contributed by atoms with Gasteiger partial charge in [-0.3, -0.25) is 0 Å². The number of ether oxygens (including phenoxy) is 1. The first-order valence-corrected chi connectivity index (χ1v) is 5.81. The van der Waals surface area contributed by atoms with Gasteiger partial charge in [0.25, 0.3) is 0 Å². The van der Waals surface area contributed by atoms with Crippen molar-refractivity contribution in [1.82, 2.24) is 19.6 Å². The molecule has 1 fully saturated rings. The molecule has 0 amide bonds. The molecule has 0 saturated carbocycles. The van der Waals surface area contributed by atoms with Crippen LogP contribution >= 0.6 is 0 Å². The van der Waals surface area contributed by atoms with Crippen LogP contribution in [0.4, 0.5) is 11.8 Å². The van der Waals surface area contributed by atoms with E-state index >= 15 is 0 Å². The molecule has 9 nitrogen and oxygen atoms in total. The smallest absolute Gasteiger partial charge is 0.240 e. The average molecular weight is 266 g/mol. The fourth-order valence-electron chi connectivity index (χ4n) is 2.24. The monoisotopic (exact) mass is 266 g/mol. The summed E-state index contributed by atoms with van der Waals surface area (Å²) < 4.78 is 7.01. The number of rotatable bonds is 2. The van der Waals surface area contributed by atoms with Crippen molar-refractivity contribution >= 4 is 17.4 Å². The number of aliphatic hydroxyl groups is 2. The molecule has 3 atom stereocenters. The van der Waals surface area contributed by atoms with E-state index in [1.165, 1.54) is 4.52 Å². The summed E-state index contributed by atoms with van der Waals surface area (Å²) in [6.07, 6.45) is 0.153. The van der Waals surface area contributed by atoms with E-state index in [2.05, 4.69) is 15.1 Å². The SMILES string of the molecule is Nc1nc(N)c2ncc([C@H]3C[C@H](O)[C@@H](CO)O3)n2n1. The second-order valence-electron chi connectivity index (χ2n) is 4.42. The molecule has 1 aliphatic heterocycles. The first kappa shape index (κ1) is 12.1. The quantitative estimate of drug-likeness (QED) is 0.512. The summed E-state index contributed by atoms with van der Waals surface area (Å²) in [4.78, 5) is 7.93. The Morgan fingerprint density at radius 3 is 2.95 bits per heavy atom. The van der Waals surface area contributed by atoms with Gasteiger partial charge in [0.15, 0.2) is 11.5 Å². The van der Waals surface area contributed by atoms with Crippen LogP contribution in [0.2, 0.25) is 0 Å². The van der Waals surface area contributed by atoms with Gasteiger partial charge in [-0.2, -0.15) is 4.98 Å². The number of fused-ring (bicyclic) bond motifs is 1. The molecule has 6 N–H and O–H groups in total. The summed E-state index contributed by atoms with van der Waals surface area (Å²) in [6.45, 7) is -0.242. The first-order chi connectivity index (χ1) is 9.10. The summed E-state index contributed by atoms with van der Waals surface area (Å²) >= 11 is 0. The van der Waals surface area contributed by atoms with E-state index in [0.29, 0.717) is 17.8 Å². The molecule has 2 aromatic heterocycles. The number of hydrogen-bond donors (Lipinski definition) is 4. The minimum Gasteiger partial charge on any atom is -0.394 e. The van der Waals surface area contributed by atoms with Crippen molar-refractivity contribution in [1.29, 1.82) is 0 Å². The average Bonchev–Trinajstić information content (AvgIpc) is 2.92. The van der Waals surface area contributed by atoms with Crippen LogP contribution in [0.3, 0.4) is 0 Å². The molecule has 0 bridgehead atoms. The Bertz CT molecular complexity index is 615. The lowest BCUT2D eigenvalue weighted by molar-refractivity contribution is -0.0239. The summed E-state index contributed by atoms with van der Waals surface area (Å²) in [5.74, 6) is 0.206. The van der Waals surface area contributed by atoms with Crippen LogP contribution in [-0.2, 0) is 4.74 Å². The van der Waals surface area contributed by atoms with Crippen LogP contribution in [0.1, 0.15) is 18.2 Å². The van der Waals surface area contributed by atoms with Gasteiger partial charge in [-0.05, 0) is 0 Å². The number of aliphatic hydroxyl groups excluding tert-OH is 2. The third kappa shape index (κ3) is 1.87. The van der Waals surface area contributed by atoms with Crippen molar-refractivity contribution in [3.63, 3.8) is 0 Å². The molecule has 9 heteroatoms. The van der Waals surface area contributed by atoms with Gasteiger partial charge in [0, 0.05) is 6.42 Å². The van der Waals surface area contributed by atoms with E-state index in [-0.39, 0.29) is 18.4 Å². The van der Waals surface area contributed by atoms with Crippen molar-refractivity contribution in [2.24, 2.45) is 0 Å². The van der Waals surface area contributed by atoms with Crippen LogP contribution in [0.25, 0.3) is 5.65 Å². The Morgan fingerprint density at radius 2 is 2.26 bits per heavy atom. The number of nitrogens with two attached hydrogens (primary N) is 2. The molecule has 19 heavy (non-hydrogen) atoms. The maximum absolute atomic E-state index is 9.74. The lowest BCUT2D eigenvalue weighted by Crippen LogP contribution is -2.24. The van der Waals surface area contributed by atoms with E-state index in [0.717, 1.165) is 0 Å². The Kier molecular flexibility index (Phi) is 2.73. The molecule has 0 aliphatic carbocycles. The zero-order valence-corrected chi connectivity index (χ0v) is 9.97. The summed E-state index contributed by atoms with van der Waals surface area (Å²) in [7, 11) is 0. The van der Waals surface area contributed by atoms with Crippen molar-refractivity contribution in [3.05, 3.63) is 11.9 Å². The molecular weight excluding hydrogens is 252 g/mol. The Hall–Kier alpha value is -1.97. The van der Waals surface area contributed by atoms with Crippen molar-refractivity contribution < 1.29 is 14.9 Å². The minimum atomic E-state index is -0.725. The second kappa shape index (κ2) is 4.30. The Labute approximate surface area is 107 Å². The highest BCUT2D eigenvalue weighted by atomic mass is 16.5. The van der Waals surface area contributed by atoms with E-state index in [9.17, 15) is 5.11 Å². The van der Waals surface area contributed by atoms with E-state index in [4.69, 9.17) is 21.3 Å². The van der Waals surface area contributed by atoms with Gasteiger partial charge in [0.05, 0.1) is 24.6 Å². The molecule has 2 aromatic rings. The van der Waals surface area contributed by atoms with Gasteiger partial charge in [-0.25, -0.2) is 9.50 Å². The van der Waals surface area contributed by atoms with Gasteiger partial charge in [0.1, 0.15) is 12.2 Å². The minimum absolute atomic E-state index is 0.0292. The molecule has 0 unspecified atom stereocenters. The molecular formula is C10H14N6O3. The zero-order chi connectivity index (χ0) is 13.6. The van der Waals surface area contributed by atoms with Crippen LogP contribution in [0.5, 0.6) is 0 Å². The molecule has 1 aliphatic rings. The normalized spacial score (nSPS) is 27.2. The zero-order valence-electron chi connectivity index (χ0n) is 9.97. The molecule has 102 valence electrons. The largest absolute Gasteiger partial charge is 0.394 e. The molecule has 1 saturated heterocycles. The lowest BCUT2D eigenvalue weighted by Gasteiger charge is -2.11. The van der Waals surface area contributed by atoms with Crippen LogP contribution in [0.15, 0.2) is 6.20 Å². The van der Waals surface area contributed by atoms with E-state index in [1.54, 1.807) is 6.20 Å². The highest BCUT2D eigenvalue weighted by Crippen LogP contribution is 2.33. The number of aromatic nitrogens is 4. The first-order valence-electron chi connectivity index (χ1n) is 5.81. The third-order valence-electron chi connectivity index (χ3n) is 3.16. The number of nitrogen functional groups attached to an aromatic ring is 2. The number of hydrogen-bond acceptors (Lipinski definition) is 8. The lowest BCUT2D eigenvalue weighted by atomic mass is 10.1. The number of imidazole rings is 1. The topological polar surface area (TPSA) is 145 Å². The predicted molar refractivity (Wildman–Crippen MR) is 64.9 cm³/mol. The number of nitrogens with zero attached hydrogens (tertiary/aromatic N) is 4. The fraction of sp³-hybridized carbons (Fsp3) is 0.500. The molecule has 3 rings (SSSR count). The molecule has 0 radical (unpaired) electrons. The Balaban J connectivity index is 2.02. The molecule has 0 spiro atoms. The second-order valence-corrected chi connectivity index (χ2v) is 4.42. The highest BCUT2D eigenvalue weighted by Gasteiger charge is 2.36. The van der Waals surface area contributed by atoms with Gasteiger partial charge < -0.3 is 26.4 Å². The van der Waals surface area contributed by atoms with Crippen LogP contribution in [-0.4, -0.2) is 48.6 Å². The Morgan fingerprint density at radius 1 is 1.47 bits per heavy atom. The summed E-state index contributed by atoms with van der Waals surface area (Å²) in [6, 6.07) is 0. The molecule has 0 aromatic carbocycles. The fourth-order valence-corrected chi connectivity index (χ4v) is 2.24. The van der Waals surface area contributed by atoms with Crippen LogP contribution < -0.4 is 11.5 Å². The molecule has 3 heterocycles. The number of anilines is 2.